The van der Waals surface area contributed by atoms with Crippen LogP contribution in [0.2, 0.25) is 0 Å². The van der Waals surface area contributed by atoms with Crippen molar-refractivity contribution in [2.45, 2.75) is 39.7 Å². The molecule has 1 aromatic rings. The molecule has 1 aromatic carbocycles. The Labute approximate surface area is 112 Å². The van der Waals surface area contributed by atoms with E-state index >= 15 is 0 Å². The van der Waals surface area contributed by atoms with Crippen LogP contribution < -0.4 is 10.6 Å². The normalized spacial score (nSPS) is 10.1. The SMILES string of the molecule is CC.CCCC(C=O)NC.CNc1ccccc1. The van der Waals surface area contributed by atoms with Crippen molar-refractivity contribution in [2.75, 3.05) is 19.4 Å². The fourth-order valence-corrected chi connectivity index (χ4v) is 1.20. The maximum absolute atomic E-state index is 10.1. The lowest BCUT2D eigenvalue weighted by Crippen LogP contribution is -2.25. The minimum atomic E-state index is 0.0694. The lowest BCUT2D eigenvalue weighted by molar-refractivity contribution is -0.109. The van der Waals surface area contributed by atoms with Gasteiger partial charge in [0.15, 0.2) is 0 Å². The van der Waals surface area contributed by atoms with Gasteiger partial charge in [0.1, 0.15) is 6.29 Å². The number of carbonyl (C=O) groups is 1. The van der Waals surface area contributed by atoms with Gasteiger partial charge in [-0.2, -0.15) is 0 Å². The topological polar surface area (TPSA) is 41.1 Å². The highest BCUT2D eigenvalue weighted by Gasteiger charge is 1.98. The molecular formula is C15H28N2O. The van der Waals surface area contributed by atoms with Gasteiger partial charge in [-0.25, -0.2) is 0 Å². The number of rotatable bonds is 5. The molecular weight excluding hydrogens is 224 g/mol. The molecule has 2 N–H and O–H groups in total. The van der Waals surface area contributed by atoms with Gasteiger partial charge in [0.05, 0.1) is 6.04 Å². The van der Waals surface area contributed by atoms with Crippen LogP contribution in [0.15, 0.2) is 30.3 Å². The lowest BCUT2D eigenvalue weighted by Gasteiger charge is -2.03. The Kier molecular flexibility index (Phi) is 16.5. The number of para-hydroxylation sites is 1. The molecule has 3 heteroatoms. The second-order valence-electron chi connectivity index (χ2n) is 3.44. The Morgan fingerprint density at radius 2 is 1.72 bits per heavy atom. The van der Waals surface area contributed by atoms with Crippen molar-refractivity contribution in [3.63, 3.8) is 0 Å². The summed E-state index contributed by atoms with van der Waals surface area (Å²) in [7, 11) is 3.71. The van der Waals surface area contributed by atoms with Crippen LogP contribution >= 0.6 is 0 Å². The van der Waals surface area contributed by atoms with Crippen LogP contribution in [0.1, 0.15) is 33.6 Å². The first-order valence-electron chi connectivity index (χ1n) is 6.63. The Morgan fingerprint density at radius 3 is 1.94 bits per heavy atom. The van der Waals surface area contributed by atoms with E-state index in [0.29, 0.717) is 0 Å². The molecule has 3 nitrogen and oxygen atoms in total. The Hall–Kier alpha value is -1.35. The van der Waals surface area contributed by atoms with Gasteiger partial charge in [-0.15, -0.1) is 0 Å². The van der Waals surface area contributed by atoms with Crippen LogP contribution in [-0.2, 0) is 4.79 Å². The molecule has 0 saturated heterocycles. The first-order valence-corrected chi connectivity index (χ1v) is 6.63. The molecule has 0 heterocycles. The number of likely N-dealkylation sites (N-methyl/N-ethyl adjacent to an activating group) is 1. The molecule has 0 saturated carbocycles. The van der Waals surface area contributed by atoms with Crippen LogP contribution in [0.4, 0.5) is 5.69 Å². The Balaban J connectivity index is 0. The fourth-order valence-electron chi connectivity index (χ4n) is 1.20. The summed E-state index contributed by atoms with van der Waals surface area (Å²) in [6, 6.07) is 10.1. The summed E-state index contributed by atoms with van der Waals surface area (Å²) in [5.74, 6) is 0. The summed E-state index contributed by atoms with van der Waals surface area (Å²) in [4.78, 5) is 10.1. The average Bonchev–Trinajstić information content (AvgIpc) is 2.48. The van der Waals surface area contributed by atoms with Crippen LogP contribution in [0, 0.1) is 0 Å². The minimum absolute atomic E-state index is 0.0694. The zero-order chi connectivity index (χ0) is 14.2. The van der Waals surface area contributed by atoms with Crippen LogP contribution in [0.5, 0.6) is 0 Å². The molecule has 0 radical (unpaired) electrons. The monoisotopic (exact) mass is 252 g/mol. The molecule has 1 unspecified atom stereocenters. The third-order valence-electron chi connectivity index (χ3n) is 2.20. The molecule has 0 aliphatic heterocycles. The van der Waals surface area contributed by atoms with E-state index in [9.17, 15) is 4.79 Å². The van der Waals surface area contributed by atoms with Crippen molar-refractivity contribution in [3.8, 4) is 0 Å². The second kappa shape index (κ2) is 15.6. The first-order chi connectivity index (χ1) is 8.78. The largest absolute Gasteiger partial charge is 0.388 e. The first kappa shape index (κ1) is 19.0. The summed E-state index contributed by atoms with van der Waals surface area (Å²) < 4.78 is 0. The van der Waals surface area contributed by atoms with E-state index in [0.717, 1.165) is 24.8 Å². The smallest absolute Gasteiger partial charge is 0.136 e. The molecule has 18 heavy (non-hydrogen) atoms. The van der Waals surface area contributed by atoms with E-state index in [1.165, 1.54) is 0 Å². The number of hydrogen-bond acceptors (Lipinski definition) is 3. The summed E-state index contributed by atoms with van der Waals surface area (Å²) >= 11 is 0. The van der Waals surface area contributed by atoms with Crippen molar-refractivity contribution >= 4 is 12.0 Å². The minimum Gasteiger partial charge on any atom is -0.388 e. The van der Waals surface area contributed by atoms with Crippen molar-refractivity contribution in [1.82, 2.24) is 5.32 Å². The zero-order valence-corrected chi connectivity index (χ0v) is 12.4. The molecule has 0 amide bonds. The molecule has 0 spiro atoms. The molecule has 1 atom stereocenters. The fraction of sp³-hybridized carbons (Fsp3) is 0.533. The summed E-state index contributed by atoms with van der Waals surface area (Å²) in [5.41, 5.74) is 1.16. The molecule has 0 bridgehead atoms. The van der Waals surface area contributed by atoms with E-state index < -0.39 is 0 Å². The molecule has 0 aromatic heterocycles. The summed E-state index contributed by atoms with van der Waals surface area (Å²) in [6.45, 7) is 6.06. The predicted octanol–water partition coefficient (Wildman–Crippen LogP) is 3.33. The van der Waals surface area contributed by atoms with Gasteiger partial charge in [-0.1, -0.05) is 45.4 Å². The van der Waals surface area contributed by atoms with Gasteiger partial charge in [-0.3, -0.25) is 0 Å². The molecule has 104 valence electrons. The zero-order valence-electron chi connectivity index (χ0n) is 12.4. The van der Waals surface area contributed by atoms with E-state index in [1.54, 1.807) is 7.05 Å². The Bertz CT molecular complexity index is 262. The third-order valence-corrected chi connectivity index (χ3v) is 2.20. The van der Waals surface area contributed by atoms with Gasteiger partial charge in [0.25, 0.3) is 0 Å². The van der Waals surface area contributed by atoms with E-state index in [4.69, 9.17) is 0 Å². The van der Waals surface area contributed by atoms with Gasteiger partial charge < -0.3 is 15.4 Å². The molecule has 1 rings (SSSR count). The van der Waals surface area contributed by atoms with Crippen molar-refractivity contribution in [3.05, 3.63) is 30.3 Å². The van der Waals surface area contributed by atoms with Gasteiger partial charge in [-0.05, 0) is 25.6 Å². The van der Waals surface area contributed by atoms with Crippen molar-refractivity contribution in [2.24, 2.45) is 0 Å². The molecule has 0 aliphatic carbocycles. The summed E-state index contributed by atoms with van der Waals surface area (Å²) in [6.07, 6.45) is 2.95. The second-order valence-corrected chi connectivity index (χ2v) is 3.44. The van der Waals surface area contributed by atoms with Crippen LogP contribution in [0.25, 0.3) is 0 Å². The number of nitrogens with one attached hydrogen (secondary N) is 2. The lowest BCUT2D eigenvalue weighted by atomic mass is 10.2. The number of benzene rings is 1. The van der Waals surface area contributed by atoms with Crippen molar-refractivity contribution < 1.29 is 4.79 Å². The summed E-state index contributed by atoms with van der Waals surface area (Å²) in [5, 5.41) is 5.91. The van der Waals surface area contributed by atoms with Crippen molar-refractivity contribution in [1.29, 1.82) is 0 Å². The number of carbonyl (C=O) groups excluding carboxylic acids is 1. The predicted molar refractivity (Wildman–Crippen MR) is 81.2 cm³/mol. The van der Waals surface area contributed by atoms with E-state index in [2.05, 4.69) is 17.6 Å². The third kappa shape index (κ3) is 11.1. The highest BCUT2D eigenvalue weighted by molar-refractivity contribution is 5.57. The Morgan fingerprint density at radius 1 is 1.17 bits per heavy atom. The van der Waals surface area contributed by atoms with Crippen LogP contribution in [0.3, 0.4) is 0 Å². The van der Waals surface area contributed by atoms with E-state index in [1.807, 2.05) is 51.2 Å². The molecule has 0 fully saturated rings. The number of aldehydes is 1. The average molecular weight is 252 g/mol. The molecule has 0 aliphatic rings. The van der Waals surface area contributed by atoms with E-state index in [-0.39, 0.29) is 6.04 Å². The van der Waals surface area contributed by atoms with Gasteiger partial charge in [0, 0.05) is 12.7 Å². The highest BCUT2D eigenvalue weighted by Crippen LogP contribution is 2.01. The van der Waals surface area contributed by atoms with Gasteiger partial charge in [0.2, 0.25) is 0 Å². The van der Waals surface area contributed by atoms with Crippen LogP contribution in [-0.4, -0.2) is 26.4 Å². The maximum Gasteiger partial charge on any atom is 0.136 e. The number of hydrogen-bond donors (Lipinski definition) is 2. The van der Waals surface area contributed by atoms with Gasteiger partial charge >= 0.3 is 0 Å². The quantitative estimate of drug-likeness (QED) is 0.790. The standard InChI is InChI=1S/C7H9N.C6H13NO.C2H6/c1-8-7-5-3-2-4-6-7;1-3-4-6(5-8)7-2;1-2/h2-6,8H,1H3;5-7H,3-4H2,1-2H3;1-2H3. The maximum atomic E-state index is 10.1. The highest BCUT2D eigenvalue weighted by atomic mass is 16.1. The number of anilines is 1.